The van der Waals surface area contributed by atoms with Crippen molar-refractivity contribution in [1.29, 1.82) is 0 Å². The van der Waals surface area contributed by atoms with E-state index in [0.29, 0.717) is 18.5 Å². The summed E-state index contributed by atoms with van der Waals surface area (Å²) in [5.41, 5.74) is 0.933. The minimum atomic E-state index is -0.347. The molecule has 5 heteroatoms. The van der Waals surface area contributed by atoms with Crippen LogP contribution >= 0.6 is 11.6 Å². The highest BCUT2D eigenvalue weighted by Gasteiger charge is 2.24. The summed E-state index contributed by atoms with van der Waals surface area (Å²) >= 11 is 5.71. The lowest BCUT2D eigenvalue weighted by atomic mass is 10.0. The fourth-order valence-corrected chi connectivity index (χ4v) is 3.07. The van der Waals surface area contributed by atoms with E-state index in [4.69, 9.17) is 11.6 Å². The number of rotatable bonds is 6. The maximum atomic E-state index is 13.4. The first-order chi connectivity index (χ1) is 10.5. The predicted octanol–water partition coefficient (Wildman–Crippen LogP) is 2.84. The van der Waals surface area contributed by atoms with Crippen LogP contribution in [-0.2, 0) is 6.54 Å². The Labute approximate surface area is 138 Å². The van der Waals surface area contributed by atoms with E-state index in [1.54, 1.807) is 6.07 Å². The number of halogens is 2. The molecule has 1 aromatic rings. The number of hydrogen-bond acceptors (Lipinski definition) is 3. The molecule has 1 N–H and O–H groups in total. The Morgan fingerprint density at radius 2 is 1.91 bits per heavy atom. The SMILES string of the molecule is CC(C)C(CNCc1ccc(Cl)c(F)c1)N1CCN(C)CC1. The van der Waals surface area contributed by atoms with Crippen molar-refractivity contribution >= 4 is 11.6 Å². The van der Waals surface area contributed by atoms with E-state index in [0.717, 1.165) is 38.3 Å². The molecule has 124 valence electrons. The smallest absolute Gasteiger partial charge is 0.142 e. The third-order valence-electron chi connectivity index (χ3n) is 4.44. The maximum Gasteiger partial charge on any atom is 0.142 e. The molecule has 0 aliphatic carbocycles. The van der Waals surface area contributed by atoms with Gasteiger partial charge in [0, 0.05) is 45.3 Å². The highest BCUT2D eigenvalue weighted by Crippen LogP contribution is 2.16. The maximum absolute atomic E-state index is 13.4. The first kappa shape index (κ1) is 17.7. The van der Waals surface area contributed by atoms with Gasteiger partial charge in [0.15, 0.2) is 0 Å². The van der Waals surface area contributed by atoms with E-state index in [9.17, 15) is 4.39 Å². The number of hydrogen-bond donors (Lipinski definition) is 1. The first-order valence-electron chi connectivity index (χ1n) is 8.04. The lowest BCUT2D eigenvalue weighted by molar-refractivity contribution is 0.0875. The van der Waals surface area contributed by atoms with E-state index in [1.165, 1.54) is 6.07 Å². The molecule has 1 aliphatic rings. The Morgan fingerprint density at radius 1 is 1.23 bits per heavy atom. The van der Waals surface area contributed by atoms with Crippen LogP contribution in [0.4, 0.5) is 4.39 Å². The number of benzene rings is 1. The van der Waals surface area contributed by atoms with E-state index in [2.05, 4.69) is 36.0 Å². The molecule has 2 rings (SSSR count). The lowest BCUT2D eigenvalue weighted by Crippen LogP contribution is -2.53. The van der Waals surface area contributed by atoms with Gasteiger partial charge in [0.05, 0.1) is 5.02 Å². The second-order valence-corrected chi connectivity index (χ2v) is 6.94. The van der Waals surface area contributed by atoms with Gasteiger partial charge in [-0.25, -0.2) is 4.39 Å². The molecule has 1 unspecified atom stereocenters. The zero-order valence-corrected chi connectivity index (χ0v) is 14.5. The topological polar surface area (TPSA) is 18.5 Å². The number of nitrogens with one attached hydrogen (secondary N) is 1. The van der Waals surface area contributed by atoms with Gasteiger partial charge in [0.2, 0.25) is 0 Å². The van der Waals surface area contributed by atoms with E-state index >= 15 is 0 Å². The molecule has 0 saturated carbocycles. The summed E-state index contributed by atoms with van der Waals surface area (Å²) in [6.45, 7) is 10.6. The van der Waals surface area contributed by atoms with Crippen LogP contribution < -0.4 is 5.32 Å². The Morgan fingerprint density at radius 3 is 2.50 bits per heavy atom. The van der Waals surface area contributed by atoms with Crippen LogP contribution in [-0.4, -0.2) is 55.6 Å². The minimum absolute atomic E-state index is 0.182. The van der Waals surface area contributed by atoms with Crippen molar-refractivity contribution in [2.24, 2.45) is 5.92 Å². The van der Waals surface area contributed by atoms with E-state index in [1.807, 2.05) is 6.07 Å². The monoisotopic (exact) mass is 327 g/mol. The normalized spacial score (nSPS) is 18.8. The van der Waals surface area contributed by atoms with Gasteiger partial charge < -0.3 is 10.2 Å². The highest BCUT2D eigenvalue weighted by atomic mass is 35.5. The molecule has 0 radical (unpaired) electrons. The fraction of sp³-hybridized carbons (Fsp3) is 0.647. The van der Waals surface area contributed by atoms with Crippen molar-refractivity contribution in [1.82, 2.24) is 15.1 Å². The van der Waals surface area contributed by atoms with Crippen LogP contribution in [0.5, 0.6) is 0 Å². The van der Waals surface area contributed by atoms with Crippen LogP contribution in [0.25, 0.3) is 0 Å². The third kappa shape index (κ3) is 4.92. The van der Waals surface area contributed by atoms with E-state index in [-0.39, 0.29) is 10.8 Å². The van der Waals surface area contributed by atoms with E-state index < -0.39 is 0 Å². The molecule has 0 aromatic heterocycles. The molecule has 1 aromatic carbocycles. The van der Waals surface area contributed by atoms with Crippen molar-refractivity contribution < 1.29 is 4.39 Å². The number of likely N-dealkylation sites (N-methyl/N-ethyl adjacent to an activating group) is 1. The van der Waals surface area contributed by atoms with Crippen LogP contribution in [0.3, 0.4) is 0 Å². The molecule has 1 atom stereocenters. The Hall–Kier alpha value is -0.680. The number of nitrogens with zero attached hydrogens (tertiary/aromatic N) is 2. The van der Waals surface area contributed by atoms with Crippen LogP contribution in [0, 0.1) is 11.7 Å². The second kappa shape index (κ2) is 8.25. The van der Waals surface area contributed by atoms with Gasteiger partial charge >= 0.3 is 0 Å². The quantitative estimate of drug-likeness (QED) is 0.866. The van der Waals surface area contributed by atoms with Gasteiger partial charge in [-0.2, -0.15) is 0 Å². The van der Waals surface area contributed by atoms with Gasteiger partial charge in [0.1, 0.15) is 5.82 Å². The molecule has 3 nitrogen and oxygen atoms in total. The average molecular weight is 328 g/mol. The molecule has 22 heavy (non-hydrogen) atoms. The van der Waals surface area contributed by atoms with Gasteiger partial charge in [-0.3, -0.25) is 4.90 Å². The summed E-state index contributed by atoms with van der Waals surface area (Å²) in [6.07, 6.45) is 0. The molecule has 1 heterocycles. The Bertz CT molecular complexity index is 473. The van der Waals surface area contributed by atoms with Gasteiger partial charge in [-0.15, -0.1) is 0 Å². The molecular weight excluding hydrogens is 301 g/mol. The molecule has 1 fully saturated rings. The van der Waals surface area contributed by atoms with Gasteiger partial charge in [0.25, 0.3) is 0 Å². The zero-order valence-electron chi connectivity index (χ0n) is 13.8. The highest BCUT2D eigenvalue weighted by molar-refractivity contribution is 6.30. The molecule has 1 aliphatic heterocycles. The summed E-state index contributed by atoms with van der Waals surface area (Å²) in [5.74, 6) is 0.248. The first-order valence-corrected chi connectivity index (χ1v) is 8.42. The van der Waals surface area contributed by atoms with Crippen LogP contribution in [0.2, 0.25) is 5.02 Å². The van der Waals surface area contributed by atoms with Gasteiger partial charge in [-0.1, -0.05) is 31.5 Å². The van der Waals surface area contributed by atoms with Crippen molar-refractivity contribution in [3.05, 3.63) is 34.6 Å². The third-order valence-corrected chi connectivity index (χ3v) is 4.75. The average Bonchev–Trinajstić information content (AvgIpc) is 2.48. The predicted molar refractivity (Wildman–Crippen MR) is 90.8 cm³/mol. The summed E-state index contributed by atoms with van der Waals surface area (Å²) in [4.78, 5) is 4.94. The van der Waals surface area contributed by atoms with Crippen molar-refractivity contribution in [2.45, 2.75) is 26.4 Å². The van der Waals surface area contributed by atoms with Crippen molar-refractivity contribution in [3.8, 4) is 0 Å². The molecular formula is C17H27ClFN3. The Kier molecular flexibility index (Phi) is 6.63. The zero-order chi connectivity index (χ0) is 16.1. The largest absolute Gasteiger partial charge is 0.311 e. The second-order valence-electron chi connectivity index (χ2n) is 6.53. The Balaban J connectivity index is 1.85. The lowest BCUT2D eigenvalue weighted by Gasteiger charge is -2.40. The number of piperazine rings is 1. The molecule has 0 spiro atoms. The summed E-state index contributed by atoms with van der Waals surface area (Å²) in [7, 11) is 2.18. The molecule has 1 saturated heterocycles. The molecule has 0 bridgehead atoms. The molecule has 0 amide bonds. The fourth-order valence-electron chi connectivity index (χ4n) is 2.95. The summed E-state index contributed by atoms with van der Waals surface area (Å²) in [5, 5.41) is 3.65. The standard InChI is InChI=1S/C17H27ClFN3/c1-13(2)17(22-8-6-21(3)7-9-22)12-20-11-14-4-5-15(18)16(19)10-14/h4-5,10,13,17,20H,6-9,11-12H2,1-3H3. The van der Waals surface area contributed by atoms with Crippen LogP contribution in [0.1, 0.15) is 19.4 Å². The van der Waals surface area contributed by atoms with Crippen LogP contribution in [0.15, 0.2) is 18.2 Å². The van der Waals surface area contributed by atoms with Crippen molar-refractivity contribution in [3.63, 3.8) is 0 Å². The van der Waals surface area contributed by atoms with Gasteiger partial charge in [-0.05, 0) is 30.7 Å². The summed E-state index contributed by atoms with van der Waals surface area (Å²) < 4.78 is 13.4. The summed E-state index contributed by atoms with van der Waals surface area (Å²) in [6, 6.07) is 5.52. The van der Waals surface area contributed by atoms with Crippen molar-refractivity contribution in [2.75, 3.05) is 39.8 Å². The minimum Gasteiger partial charge on any atom is -0.311 e.